The van der Waals surface area contributed by atoms with Gasteiger partial charge in [0.05, 0.1) is 18.7 Å². The summed E-state index contributed by atoms with van der Waals surface area (Å²) < 4.78 is 10.3. The lowest BCUT2D eigenvalue weighted by Gasteiger charge is -2.25. The van der Waals surface area contributed by atoms with Crippen LogP contribution in [-0.2, 0) is 16.0 Å². The third-order valence-corrected chi connectivity index (χ3v) is 4.11. The molecule has 0 radical (unpaired) electrons. The van der Waals surface area contributed by atoms with Gasteiger partial charge in [-0.3, -0.25) is 9.69 Å². The average molecular weight is 440 g/mol. The molecule has 0 spiro atoms. The molecule has 0 aliphatic rings. The van der Waals surface area contributed by atoms with Crippen molar-refractivity contribution in [2.24, 2.45) is 4.99 Å². The maximum atomic E-state index is 13.3. The summed E-state index contributed by atoms with van der Waals surface area (Å²) in [5.41, 5.74) is 0.710. The molecule has 170 valence electrons. The van der Waals surface area contributed by atoms with Gasteiger partial charge in [0.2, 0.25) is 5.96 Å². The van der Waals surface area contributed by atoms with Gasteiger partial charge in [0.1, 0.15) is 5.60 Å². The zero-order valence-corrected chi connectivity index (χ0v) is 19.0. The topological polar surface area (TPSA) is 97.3 Å². The molecule has 0 bridgehead atoms. The zero-order valence-electron chi connectivity index (χ0n) is 19.0. The number of guanidine groups is 1. The monoisotopic (exact) mass is 439 g/mol. The van der Waals surface area contributed by atoms with Crippen molar-refractivity contribution in [2.75, 3.05) is 13.7 Å². The fourth-order valence-corrected chi connectivity index (χ4v) is 2.80. The molecule has 2 rings (SSSR count). The van der Waals surface area contributed by atoms with E-state index in [1.165, 1.54) is 4.90 Å². The molecule has 8 nitrogen and oxygen atoms in total. The maximum absolute atomic E-state index is 13.3. The molecule has 2 aromatic rings. The second kappa shape index (κ2) is 11.1. The molecule has 1 N–H and O–H groups in total. The van der Waals surface area contributed by atoms with Crippen LogP contribution in [0.2, 0.25) is 0 Å². The number of carbonyl (C=O) groups excluding carboxylic acids is 3. The number of hydrogen-bond acceptors (Lipinski definition) is 5. The lowest BCUT2D eigenvalue weighted by molar-refractivity contribution is 0.0524. The molecule has 8 heteroatoms. The van der Waals surface area contributed by atoms with Crippen molar-refractivity contribution in [2.45, 2.75) is 39.8 Å². The summed E-state index contributed by atoms with van der Waals surface area (Å²) in [5, 5.41) is 2.81. The molecule has 0 aliphatic heterocycles. The van der Waals surface area contributed by atoms with Gasteiger partial charge in [-0.2, -0.15) is 0 Å². The van der Waals surface area contributed by atoms with Crippen LogP contribution in [0.3, 0.4) is 0 Å². The van der Waals surface area contributed by atoms with E-state index in [1.54, 1.807) is 89.3 Å². The zero-order chi connectivity index (χ0) is 23.7. The van der Waals surface area contributed by atoms with Gasteiger partial charge in [0, 0.05) is 12.6 Å². The number of hydrogen-bond donors (Lipinski definition) is 1. The van der Waals surface area contributed by atoms with E-state index in [4.69, 9.17) is 9.47 Å². The van der Waals surface area contributed by atoms with Crippen molar-refractivity contribution in [3.63, 3.8) is 0 Å². The smallest absolute Gasteiger partial charge is 0.437 e. The average Bonchev–Trinajstić information content (AvgIpc) is 2.75. The highest BCUT2D eigenvalue weighted by atomic mass is 16.6. The first-order valence-electron chi connectivity index (χ1n) is 10.3. The minimum Gasteiger partial charge on any atom is -0.462 e. The lowest BCUT2D eigenvalue weighted by Crippen LogP contribution is -2.44. The number of rotatable bonds is 5. The Bertz CT molecular complexity index is 981. The number of nitrogens with one attached hydrogen (secondary N) is 1. The highest BCUT2D eigenvalue weighted by Crippen LogP contribution is 2.14. The Labute approximate surface area is 188 Å². The number of esters is 1. The second-order valence-corrected chi connectivity index (χ2v) is 7.84. The van der Waals surface area contributed by atoms with Crippen LogP contribution >= 0.6 is 0 Å². The Morgan fingerprint density at radius 2 is 1.66 bits per heavy atom. The quantitative estimate of drug-likeness (QED) is 0.429. The highest BCUT2D eigenvalue weighted by molar-refractivity contribution is 6.07. The summed E-state index contributed by atoms with van der Waals surface area (Å²) in [6.07, 6.45) is -0.826. The Morgan fingerprint density at radius 1 is 1.00 bits per heavy atom. The number of ether oxygens (including phenoxy) is 2. The van der Waals surface area contributed by atoms with Gasteiger partial charge in [-0.15, -0.1) is 4.99 Å². The predicted molar refractivity (Wildman–Crippen MR) is 121 cm³/mol. The fraction of sp³-hybridized carbons (Fsp3) is 0.333. The summed E-state index contributed by atoms with van der Waals surface area (Å²) in [4.78, 5) is 43.0. The van der Waals surface area contributed by atoms with Gasteiger partial charge in [-0.25, -0.2) is 9.59 Å². The van der Waals surface area contributed by atoms with Crippen LogP contribution in [0.15, 0.2) is 59.6 Å². The van der Waals surface area contributed by atoms with E-state index in [-0.39, 0.29) is 25.0 Å². The number of aliphatic imine (C=N–C) groups is 1. The minimum atomic E-state index is -0.826. The van der Waals surface area contributed by atoms with Gasteiger partial charge >= 0.3 is 12.1 Å². The summed E-state index contributed by atoms with van der Waals surface area (Å²) in [6.45, 7) is 7.24. The van der Waals surface area contributed by atoms with Crippen molar-refractivity contribution in [3.05, 3.63) is 71.3 Å². The number of benzene rings is 2. The van der Waals surface area contributed by atoms with E-state index < -0.39 is 17.7 Å². The first-order chi connectivity index (χ1) is 15.1. The van der Waals surface area contributed by atoms with E-state index in [0.717, 1.165) is 0 Å². The van der Waals surface area contributed by atoms with E-state index in [1.807, 2.05) is 0 Å². The van der Waals surface area contributed by atoms with Crippen LogP contribution in [-0.4, -0.2) is 48.1 Å². The molecule has 2 amide bonds. The minimum absolute atomic E-state index is 0.0228. The first-order valence-corrected chi connectivity index (χ1v) is 10.3. The Balaban J connectivity index is 2.43. The van der Waals surface area contributed by atoms with Crippen LogP contribution in [0.4, 0.5) is 4.79 Å². The molecule has 0 aromatic heterocycles. The molecule has 0 unspecified atom stereocenters. The Hall–Kier alpha value is -3.68. The van der Waals surface area contributed by atoms with Crippen LogP contribution in [0, 0.1) is 0 Å². The largest absolute Gasteiger partial charge is 0.462 e. The molecule has 32 heavy (non-hydrogen) atoms. The van der Waals surface area contributed by atoms with Gasteiger partial charge in [0.25, 0.3) is 5.91 Å². The molecule has 0 heterocycles. The lowest BCUT2D eigenvalue weighted by atomic mass is 10.1. The molecule has 0 fully saturated rings. The predicted octanol–water partition coefficient (Wildman–Crippen LogP) is 4.02. The normalized spacial score (nSPS) is 11.5. The molecule has 0 aliphatic carbocycles. The van der Waals surface area contributed by atoms with Gasteiger partial charge < -0.3 is 14.8 Å². The summed E-state index contributed by atoms with van der Waals surface area (Å²) in [7, 11) is 1.56. The summed E-state index contributed by atoms with van der Waals surface area (Å²) >= 11 is 0. The molecule has 2 aromatic carbocycles. The fourth-order valence-electron chi connectivity index (χ4n) is 2.80. The number of nitrogens with zero attached hydrogens (tertiary/aromatic N) is 2. The molecular weight excluding hydrogens is 410 g/mol. The summed E-state index contributed by atoms with van der Waals surface area (Å²) in [6, 6.07) is 15.4. The van der Waals surface area contributed by atoms with Crippen molar-refractivity contribution in [1.82, 2.24) is 10.2 Å². The molecule has 0 atom stereocenters. The molecule has 0 saturated carbocycles. The molecular formula is C24H29N3O5. The van der Waals surface area contributed by atoms with Crippen molar-refractivity contribution in [3.8, 4) is 0 Å². The van der Waals surface area contributed by atoms with Crippen LogP contribution < -0.4 is 5.32 Å². The Morgan fingerprint density at radius 3 is 2.25 bits per heavy atom. The summed E-state index contributed by atoms with van der Waals surface area (Å²) in [5.74, 6) is -0.801. The van der Waals surface area contributed by atoms with Crippen molar-refractivity contribution < 1.29 is 23.9 Å². The third kappa shape index (κ3) is 7.23. The third-order valence-electron chi connectivity index (χ3n) is 4.11. The first kappa shape index (κ1) is 24.6. The standard InChI is InChI=1S/C24H29N3O5/c1-6-31-21(29)19-14-10-11-17(15-19)16-27(20(28)18-12-8-7-9-13-18)22(25-5)26-23(30)32-24(2,3)4/h7-15H,6,16H2,1-5H3,(H,25,26,30). The van der Waals surface area contributed by atoms with Crippen LogP contribution in [0.25, 0.3) is 0 Å². The molecule has 0 saturated heterocycles. The van der Waals surface area contributed by atoms with Crippen LogP contribution in [0.1, 0.15) is 54.0 Å². The SMILES string of the molecule is CCOC(=O)c1cccc(CN(C(=O)c2ccccc2)C(=NC(=O)OC(C)(C)C)NC)c1. The Kier molecular flexibility index (Phi) is 8.52. The van der Waals surface area contributed by atoms with E-state index in [0.29, 0.717) is 16.7 Å². The maximum Gasteiger partial charge on any atom is 0.437 e. The van der Waals surface area contributed by atoms with Crippen molar-refractivity contribution >= 4 is 23.9 Å². The van der Waals surface area contributed by atoms with Gasteiger partial charge in [-0.1, -0.05) is 30.3 Å². The van der Waals surface area contributed by atoms with E-state index >= 15 is 0 Å². The van der Waals surface area contributed by atoms with Crippen LogP contribution in [0.5, 0.6) is 0 Å². The number of amides is 2. The second-order valence-electron chi connectivity index (χ2n) is 7.84. The van der Waals surface area contributed by atoms with Crippen molar-refractivity contribution in [1.29, 1.82) is 0 Å². The van der Waals surface area contributed by atoms with Gasteiger partial charge in [-0.05, 0) is 57.5 Å². The van der Waals surface area contributed by atoms with E-state index in [9.17, 15) is 14.4 Å². The highest BCUT2D eigenvalue weighted by Gasteiger charge is 2.24. The number of carbonyl (C=O) groups is 3. The van der Waals surface area contributed by atoms with E-state index in [2.05, 4.69) is 10.3 Å². The van der Waals surface area contributed by atoms with Gasteiger partial charge in [0.15, 0.2) is 0 Å².